The SMILES string of the molecule is CN1CCCCCC1=NS(=O)(=O)c1cccc(NC(=O)COc2ccccc2F)c1. The molecule has 3 rings (SSSR count). The Morgan fingerprint density at radius 1 is 1.17 bits per heavy atom. The van der Waals surface area contributed by atoms with Gasteiger partial charge in [0, 0.05) is 25.7 Å². The summed E-state index contributed by atoms with van der Waals surface area (Å²) in [5.41, 5.74) is 0.285. The maximum atomic E-state index is 13.6. The maximum absolute atomic E-state index is 13.6. The Morgan fingerprint density at radius 2 is 1.97 bits per heavy atom. The second-order valence-electron chi connectivity index (χ2n) is 7.01. The number of ether oxygens (including phenoxy) is 1. The first kappa shape index (κ1) is 21.8. The van der Waals surface area contributed by atoms with Crippen molar-refractivity contribution in [3.63, 3.8) is 0 Å². The van der Waals surface area contributed by atoms with Gasteiger partial charge in [0.25, 0.3) is 15.9 Å². The van der Waals surface area contributed by atoms with E-state index in [-0.39, 0.29) is 16.3 Å². The number of nitrogens with one attached hydrogen (secondary N) is 1. The molecule has 2 aromatic rings. The first-order valence-electron chi connectivity index (χ1n) is 9.67. The monoisotopic (exact) mass is 433 g/mol. The third-order valence-corrected chi connectivity index (χ3v) is 5.97. The van der Waals surface area contributed by atoms with Crippen molar-refractivity contribution in [3.8, 4) is 5.75 Å². The summed E-state index contributed by atoms with van der Waals surface area (Å²) in [7, 11) is -2.07. The lowest BCUT2D eigenvalue weighted by atomic mass is 10.2. The van der Waals surface area contributed by atoms with Crippen LogP contribution in [0.25, 0.3) is 0 Å². The number of amides is 1. The van der Waals surface area contributed by atoms with Gasteiger partial charge in [0.1, 0.15) is 5.84 Å². The highest BCUT2D eigenvalue weighted by molar-refractivity contribution is 7.90. The third kappa shape index (κ3) is 5.79. The summed E-state index contributed by atoms with van der Waals surface area (Å²) in [6.07, 6.45) is 3.56. The van der Waals surface area contributed by atoms with Gasteiger partial charge in [-0.2, -0.15) is 8.42 Å². The lowest BCUT2D eigenvalue weighted by molar-refractivity contribution is -0.118. The normalized spacial score (nSPS) is 16.2. The molecule has 1 fully saturated rings. The van der Waals surface area contributed by atoms with Crippen LogP contribution in [0.5, 0.6) is 5.75 Å². The number of benzene rings is 2. The lowest BCUT2D eigenvalue weighted by Crippen LogP contribution is -2.27. The van der Waals surface area contributed by atoms with Crippen LogP contribution in [0.3, 0.4) is 0 Å². The van der Waals surface area contributed by atoms with Crippen LogP contribution < -0.4 is 10.1 Å². The fourth-order valence-electron chi connectivity index (χ4n) is 3.07. The molecule has 1 N–H and O–H groups in total. The van der Waals surface area contributed by atoms with Crippen LogP contribution >= 0.6 is 0 Å². The van der Waals surface area contributed by atoms with Crippen molar-refractivity contribution in [2.24, 2.45) is 4.40 Å². The van der Waals surface area contributed by atoms with Gasteiger partial charge in [-0.05, 0) is 43.2 Å². The molecule has 1 aliphatic rings. The molecule has 9 heteroatoms. The minimum Gasteiger partial charge on any atom is -0.481 e. The maximum Gasteiger partial charge on any atom is 0.284 e. The number of anilines is 1. The summed E-state index contributed by atoms with van der Waals surface area (Å²) in [5, 5.41) is 2.56. The summed E-state index contributed by atoms with van der Waals surface area (Å²) in [6, 6.07) is 11.6. The summed E-state index contributed by atoms with van der Waals surface area (Å²) in [4.78, 5) is 14.0. The second-order valence-corrected chi connectivity index (χ2v) is 8.61. The Hall–Kier alpha value is -2.94. The number of carbonyl (C=O) groups excluding carboxylic acids is 1. The number of nitrogens with zero attached hydrogens (tertiary/aromatic N) is 2. The standard InChI is InChI=1S/C21H24FN3O4S/c1-25-13-6-2-3-12-20(25)24-30(27,28)17-9-7-8-16(14-17)23-21(26)15-29-19-11-5-4-10-18(19)22/h4-5,7-11,14H,2-3,6,12-13,15H2,1H3,(H,23,26). The molecule has 160 valence electrons. The van der Waals surface area contributed by atoms with E-state index in [1.807, 2.05) is 11.9 Å². The highest BCUT2D eigenvalue weighted by atomic mass is 32.2. The first-order chi connectivity index (χ1) is 14.3. The van der Waals surface area contributed by atoms with Gasteiger partial charge in [-0.1, -0.05) is 24.6 Å². The summed E-state index contributed by atoms with van der Waals surface area (Å²) >= 11 is 0. The number of para-hydroxylation sites is 1. The molecule has 0 saturated carbocycles. The van der Waals surface area contributed by atoms with Gasteiger partial charge in [-0.25, -0.2) is 4.39 Å². The van der Waals surface area contributed by atoms with Gasteiger partial charge in [-0.15, -0.1) is 4.40 Å². The predicted molar refractivity (Wildman–Crippen MR) is 113 cm³/mol. The fourth-order valence-corrected chi connectivity index (χ4v) is 4.21. The van der Waals surface area contributed by atoms with Crippen molar-refractivity contribution in [2.45, 2.75) is 30.6 Å². The molecule has 0 spiro atoms. The molecule has 30 heavy (non-hydrogen) atoms. The molecule has 1 saturated heterocycles. The highest BCUT2D eigenvalue weighted by Gasteiger charge is 2.19. The van der Waals surface area contributed by atoms with E-state index >= 15 is 0 Å². The van der Waals surface area contributed by atoms with E-state index in [0.717, 1.165) is 25.8 Å². The lowest BCUT2D eigenvalue weighted by Gasteiger charge is -2.17. The Labute approximate surface area is 175 Å². The predicted octanol–water partition coefficient (Wildman–Crippen LogP) is 3.44. The fraction of sp³-hybridized carbons (Fsp3) is 0.333. The number of sulfonamides is 1. The summed E-state index contributed by atoms with van der Waals surface area (Å²) in [6.45, 7) is 0.359. The Balaban J connectivity index is 1.69. The number of hydrogen-bond donors (Lipinski definition) is 1. The average Bonchev–Trinajstić information content (AvgIpc) is 2.91. The number of carbonyl (C=O) groups is 1. The van der Waals surface area contributed by atoms with E-state index < -0.39 is 28.4 Å². The molecule has 1 amide bonds. The van der Waals surface area contributed by atoms with E-state index in [1.54, 1.807) is 12.1 Å². The molecule has 2 aromatic carbocycles. The molecule has 0 atom stereocenters. The zero-order chi connectivity index (χ0) is 21.6. The Kier molecular flexibility index (Phi) is 7.04. The van der Waals surface area contributed by atoms with Crippen molar-refractivity contribution < 1.29 is 22.3 Å². The third-order valence-electron chi connectivity index (χ3n) is 4.67. The highest BCUT2D eigenvalue weighted by Crippen LogP contribution is 2.20. The van der Waals surface area contributed by atoms with Crippen molar-refractivity contribution in [1.29, 1.82) is 0 Å². The van der Waals surface area contributed by atoms with Crippen LogP contribution in [0, 0.1) is 5.82 Å². The second kappa shape index (κ2) is 9.71. The topological polar surface area (TPSA) is 88.1 Å². The van der Waals surface area contributed by atoms with E-state index in [4.69, 9.17) is 4.74 Å². The average molecular weight is 434 g/mol. The Bertz CT molecular complexity index is 1040. The molecule has 0 aromatic heterocycles. The molecule has 1 aliphatic heterocycles. The summed E-state index contributed by atoms with van der Waals surface area (Å²) < 4.78 is 48.2. The van der Waals surface area contributed by atoms with Crippen LogP contribution in [0.2, 0.25) is 0 Å². The molecular formula is C21H24FN3O4S. The largest absolute Gasteiger partial charge is 0.481 e. The molecule has 0 radical (unpaired) electrons. The van der Waals surface area contributed by atoms with E-state index in [0.29, 0.717) is 12.3 Å². The van der Waals surface area contributed by atoms with Crippen LogP contribution in [0.1, 0.15) is 25.7 Å². The molecular weight excluding hydrogens is 409 g/mol. The first-order valence-corrected chi connectivity index (χ1v) is 11.1. The minimum absolute atomic E-state index is 0.0135. The zero-order valence-corrected chi connectivity index (χ0v) is 17.5. The van der Waals surface area contributed by atoms with Gasteiger partial charge in [0.05, 0.1) is 4.90 Å². The van der Waals surface area contributed by atoms with E-state index in [2.05, 4.69) is 9.71 Å². The molecule has 0 unspecified atom stereocenters. The van der Waals surface area contributed by atoms with Crippen LogP contribution in [0.4, 0.5) is 10.1 Å². The van der Waals surface area contributed by atoms with Crippen molar-refractivity contribution in [1.82, 2.24) is 4.90 Å². The zero-order valence-electron chi connectivity index (χ0n) is 16.7. The van der Waals surface area contributed by atoms with Crippen molar-refractivity contribution >= 4 is 27.5 Å². The number of likely N-dealkylation sites (tertiary alicyclic amines) is 1. The van der Waals surface area contributed by atoms with Crippen LogP contribution in [-0.4, -0.2) is 45.3 Å². The molecule has 0 bridgehead atoms. The van der Waals surface area contributed by atoms with E-state index in [1.165, 1.54) is 36.4 Å². The number of rotatable bonds is 6. The van der Waals surface area contributed by atoms with Crippen LogP contribution in [-0.2, 0) is 14.8 Å². The van der Waals surface area contributed by atoms with Gasteiger partial charge in [-0.3, -0.25) is 4.79 Å². The number of amidine groups is 1. The minimum atomic E-state index is -3.91. The van der Waals surface area contributed by atoms with Gasteiger partial charge >= 0.3 is 0 Å². The Morgan fingerprint density at radius 3 is 2.77 bits per heavy atom. The number of hydrogen-bond acceptors (Lipinski definition) is 4. The molecule has 1 heterocycles. The molecule has 7 nitrogen and oxygen atoms in total. The van der Waals surface area contributed by atoms with Gasteiger partial charge < -0.3 is 15.0 Å². The summed E-state index contributed by atoms with van der Waals surface area (Å²) in [5.74, 6) is -0.601. The van der Waals surface area contributed by atoms with Crippen molar-refractivity contribution in [2.75, 3.05) is 25.5 Å². The van der Waals surface area contributed by atoms with E-state index in [9.17, 15) is 17.6 Å². The number of halogens is 1. The quantitative estimate of drug-likeness (QED) is 0.754. The van der Waals surface area contributed by atoms with Gasteiger partial charge in [0.15, 0.2) is 18.2 Å². The van der Waals surface area contributed by atoms with Crippen molar-refractivity contribution in [3.05, 3.63) is 54.3 Å². The van der Waals surface area contributed by atoms with Crippen LogP contribution in [0.15, 0.2) is 57.8 Å². The molecule has 0 aliphatic carbocycles. The van der Waals surface area contributed by atoms with Gasteiger partial charge in [0.2, 0.25) is 0 Å². The smallest absolute Gasteiger partial charge is 0.284 e.